The molecule has 1 fully saturated rings. The van der Waals surface area contributed by atoms with Crippen molar-refractivity contribution in [2.45, 2.75) is 77.0 Å². The summed E-state index contributed by atoms with van der Waals surface area (Å²) < 4.78 is 17.8. The van der Waals surface area contributed by atoms with Crippen molar-refractivity contribution in [3.8, 4) is 0 Å². The zero-order valence-corrected chi connectivity index (χ0v) is 18.3. The maximum absolute atomic E-state index is 12.5. The average Bonchev–Trinajstić information content (AvgIpc) is 2.93. The number of esters is 1. The Morgan fingerprint density at radius 1 is 1.19 bits per heavy atom. The lowest BCUT2D eigenvalue weighted by Gasteiger charge is -2.39. The molecule has 150 valence electrons. The Morgan fingerprint density at radius 2 is 1.81 bits per heavy atom. The van der Waals surface area contributed by atoms with Crippen molar-refractivity contribution in [1.82, 2.24) is 0 Å². The first-order valence-electron chi connectivity index (χ1n) is 9.54. The van der Waals surface area contributed by atoms with Crippen LogP contribution in [0.3, 0.4) is 0 Å². The minimum absolute atomic E-state index is 0.0554. The van der Waals surface area contributed by atoms with E-state index in [9.17, 15) is 9.59 Å². The molecule has 0 unspecified atom stereocenters. The topological polar surface area (TPSA) is 61.8 Å². The fourth-order valence-corrected chi connectivity index (χ4v) is 4.27. The van der Waals surface area contributed by atoms with Gasteiger partial charge in [-0.15, -0.1) is 0 Å². The largest absolute Gasteiger partial charge is 0.463 e. The van der Waals surface area contributed by atoms with E-state index in [1.54, 1.807) is 0 Å². The third-order valence-electron chi connectivity index (χ3n) is 5.49. The minimum atomic E-state index is -2.01. The van der Waals surface area contributed by atoms with Gasteiger partial charge < -0.3 is 13.9 Å². The molecule has 27 heavy (non-hydrogen) atoms. The van der Waals surface area contributed by atoms with E-state index in [0.717, 1.165) is 0 Å². The first-order valence-corrected chi connectivity index (χ1v) is 12.5. The number of carbonyl (C=O) groups is 2. The Morgan fingerprint density at radius 3 is 2.37 bits per heavy atom. The van der Waals surface area contributed by atoms with Gasteiger partial charge in [0.25, 0.3) is 0 Å². The fraction of sp³-hybridized carbons (Fsp3) is 0.619. The van der Waals surface area contributed by atoms with Crippen molar-refractivity contribution >= 4 is 20.1 Å². The van der Waals surface area contributed by atoms with E-state index in [0.29, 0.717) is 18.4 Å². The number of hydrogen-bond acceptors (Lipinski definition) is 5. The highest BCUT2D eigenvalue weighted by Crippen LogP contribution is 2.40. The van der Waals surface area contributed by atoms with Crippen molar-refractivity contribution < 1.29 is 23.5 Å². The van der Waals surface area contributed by atoms with Gasteiger partial charge in [0.2, 0.25) is 0 Å². The Hall–Kier alpha value is -1.50. The molecular formula is C21H32O5Si. The second-order valence-corrected chi connectivity index (χ2v) is 13.5. The van der Waals surface area contributed by atoms with Crippen LogP contribution in [0.2, 0.25) is 18.1 Å². The summed E-state index contributed by atoms with van der Waals surface area (Å²) in [5, 5.41) is 0.0664. The summed E-state index contributed by atoms with van der Waals surface area (Å²) in [6, 6.07) is 9.24. The maximum Gasteiger partial charge on any atom is 0.302 e. The molecule has 0 aliphatic carbocycles. The number of Topliss-reactive ketones (excluding diaryl/α,β-unsaturated/α-hetero) is 1. The third-order valence-corrected chi connectivity index (χ3v) is 9.99. The highest BCUT2D eigenvalue weighted by atomic mass is 28.4. The second kappa shape index (κ2) is 8.67. The number of benzene rings is 1. The van der Waals surface area contributed by atoms with Crippen LogP contribution in [0.5, 0.6) is 0 Å². The first kappa shape index (κ1) is 21.8. The lowest BCUT2D eigenvalue weighted by molar-refractivity contribution is -0.146. The van der Waals surface area contributed by atoms with Gasteiger partial charge in [-0.25, -0.2) is 0 Å². The van der Waals surface area contributed by atoms with Gasteiger partial charge >= 0.3 is 5.97 Å². The van der Waals surface area contributed by atoms with Gasteiger partial charge in [-0.05, 0) is 18.1 Å². The predicted octanol–water partition coefficient (Wildman–Crippen LogP) is 4.37. The molecule has 1 saturated heterocycles. The lowest BCUT2D eigenvalue weighted by atomic mass is 10.0. The van der Waals surface area contributed by atoms with Crippen LogP contribution < -0.4 is 0 Å². The smallest absolute Gasteiger partial charge is 0.302 e. The predicted molar refractivity (Wildman–Crippen MR) is 107 cm³/mol. The van der Waals surface area contributed by atoms with Crippen LogP contribution in [0.1, 0.15) is 50.9 Å². The highest BCUT2D eigenvalue weighted by Gasteiger charge is 2.45. The van der Waals surface area contributed by atoms with Gasteiger partial charge in [-0.3, -0.25) is 9.59 Å². The molecule has 0 radical (unpaired) electrons. The van der Waals surface area contributed by atoms with Gasteiger partial charge in [0, 0.05) is 25.3 Å². The monoisotopic (exact) mass is 392 g/mol. The third kappa shape index (κ3) is 5.99. The van der Waals surface area contributed by atoms with Gasteiger partial charge in [0.15, 0.2) is 14.1 Å². The standard InChI is InChI=1S/C21H32O5Si/c1-15(22)24-14-20-19(26-27(5,6)21(2,3)4)13-17(25-20)12-18(23)16-10-8-7-9-11-16/h7-11,17,19-20H,12-14H2,1-6H3/t17-,19+,20-/m1/s1. The van der Waals surface area contributed by atoms with Crippen molar-refractivity contribution in [2.75, 3.05) is 6.61 Å². The van der Waals surface area contributed by atoms with E-state index in [1.807, 2.05) is 30.3 Å². The molecule has 2 rings (SSSR count). The SMILES string of the molecule is CC(=O)OC[C@H]1O[C@H](CC(=O)c2ccccc2)C[C@@H]1O[Si](C)(C)C(C)(C)C. The highest BCUT2D eigenvalue weighted by molar-refractivity contribution is 6.74. The van der Waals surface area contributed by atoms with Crippen LogP contribution in [-0.2, 0) is 18.7 Å². The Kier molecular flexibility index (Phi) is 7.00. The van der Waals surface area contributed by atoms with Crippen LogP contribution in [0.15, 0.2) is 30.3 Å². The number of ketones is 1. The summed E-state index contributed by atoms with van der Waals surface area (Å²) in [7, 11) is -2.01. The molecule has 1 aromatic carbocycles. The molecule has 0 spiro atoms. The second-order valence-electron chi connectivity index (χ2n) is 8.74. The summed E-state index contributed by atoms with van der Waals surface area (Å²) in [6.45, 7) is 12.5. The summed E-state index contributed by atoms with van der Waals surface area (Å²) >= 11 is 0. The van der Waals surface area contributed by atoms with E-state index in [4.69, 9.17) is 13.9 Å². The van der Waals surface area contributed by atoms with Crippen molar-refractivity contribution in [1.29, 1.82) is 0 Å². The van der Waals surface area contributed by atoms with Gasteiger partial charge in [0.05, 0.1) is 12.2 Å². The van der Waals surface area contributed by atoms with E-state index >= 15 is 0 Å². The molecular weight excluding hydrogens is 360 g/mol. The molecule has 0 amide bonds. The van der Waals surface area contributed by atoms with Crippen molar-refractivity contribution in [2.24, 2.45) is 0 Å². The molecule has 1 aliphatic rings. The molecule has 0 saturated carbocycles. The van der Waals surface area contributed by atoms with E-state index in [1.165, 1.54) is 6.92 Å². The lowest BCUT2D eigenvalue weighted by Crippen LogP contribution is -2.46. The molecule has 1 aromatic rings. The molecule has 5 nitrogen and oxygen atoms in total. The summed E-state index contributed by atoms with van der Waals surface area (Å²) in [6.07, 6.45) is 0.207. The maximum atomic E-state index is 12.5. The summed E-state index contributed by atoms with van der Waals surface area (Å²) in [4.78, 5) is 23.8. The molecule has 6 heteroatoms. The van der Waals surface area contributed by atoms with E-state index < -0.39 is 8.32 Å². The molecule has 3 atom stereocenters. The number of carbonyl (C=O) groups excluding carboxylic acids is 2. The van der Waals surface area contributed by atoms with Crippen LogP contribution in [0, 0.1) is 0 Å². The molecule has 1 heterocycles. The molecule has 0 aromatic heterocycles. The minimum Gasteiger partial charge on any atom is -0.463 e. The number of rotatable bonds is 7. The quantitative estimate of drug-likeness (QED) is 0.392. The molecule has 0 bridgehead atoms. The Balaban J connectivity index is 2.07. The number of hydrogen-bond donors (Lipinski definition) is 0. The van der Waals surface area contributed by atoms with Crippen molar-refractivity contribution in [3.05, 3.63) is 35.9 Å². The Bertz CT molecular complexity index is 650. The molecule has 0 N–H and O–H groups in total. The van der Waals surface area contributed by atoms with Crippen LogP contribution >= 0.6 is 0 Å². The van der Waals surface area contributed by atoms with E-state index in [-0.39, 0.29) is 41.7 Å². The van der Waals surface area contributed by atoms with Crippen molar-refractivity contribution in [3.63, 3.8) is 0 Å². The zero-order chi connectivity index (χ0) is 20.2. The van der Waals surface area contributed by atoms with Gasteiger partial charge in [0.1, 0.15) is 12.7 Å². The van der Waals surface area contributed by atoms with Crippen LogP contribution in [0.25, 0.3) is 0 Å². The fourth-order valence-electron chi connectivity index (χ4n) is 2.91. The molecule has 1 aliphatic heterocycles. The van der Waals surface area contributed by atoms with E-state index in [2.05, 4.69) is 33.9 Å². The van der Waals surface area contributed by atoms with Gasteiger partial charge in [-0.1, -0.05) is 51.1 Å². The zero-order valence-electron chi connectivity index (χ0n) is 17.3. The first-order chi connectivity index (χ1) is 12.5. The Labute approximate surface area is 163 Å². The normalized spacial score (nSPS) is 23.3. The summed E-state index contributed by atoms with van der Waals surface area (Å²) in [5.41, 5.74) is 0.686. The number of ether oxygens (including phenoxy) is 2. The van der Waals surface area contributed by atoms with Crippen LogP contribution in [0.4, 0.5) is 0 Å². The summed E-state index contributed by atoms with van der Waals surface area (Å²) in [5.74, 6) is -0.284. The average molecular weight is 393 g/mol. The van der Waals surface area contributed by atoms with Gasteiger partial charge in [-0.2, -0.15) is 0 Å². The van der Waals surface area contributed by atoms with Crippen LogP contribution in [-0.4, -0.2) is 45.0 Å².